The van der Waals surface area contributed by atoms with Crippen LogP contribution in [0.2, 0.25) is 0 Å². The monoisotopic (exact) mass is 356 g/mol. The van der Waals surface area contributed by atoms with Crippen molar-refractivity contribution in [2.75, 3.05) is 6.61 Å². The zero-order valence-corrected chi connectivity index (χ0v) is 13.1. The zero-order chi connectivity index (χ0) is 18.6. The van der Waals surface area contributed by atoms with Crippen LogP contribution in [0.1, 0.15) is 12.6 Å². The van der Waals surface area contributed by atoms with Crippen LogP contribution >= 0.6 is 0 Å². The first kappa shape index (κ1) is 18.3. The third-order valence-corrected chi connectivity index (χ3v) is 3.10. The fourth-order valence-electron chi connectivity index (χ4n) is 2.04. The standard InChI is InChI=1S/C15H15F3N4O3/c1-2-24-14(23)13(22-20)12(19)11-6-9-5-10(25-15(16,17)18)4-3-8(9)7-21-11/h3-7,22H,2,19-20H2,1H3/b13-12-. The van der Waals surface area contributed by atoms with E-state index in [0.717, 1.165) is 0 Å². The Hall–Kier alpha value is -3.01. The second kappa shape index (κ2) is 7.26. The highest BCUT2D eigenvalue weighted by Gasteiger charge is 2.31. The van der Waals surface area contributed by atoms with Crippen LogP contribution in [0.15, 0.2) is 36.2 Å². The van der Waals surface area contributed by atoms with Gasteiger partial charge in [0.05, 0.1) is 18.0 Å². The minimum Gasteiger partial charge on any atom is -0.461 e. The third kappa shape index (κ3) is 4.51. The molecule has 25 heavy (non-hydrogen) atoms. The maximum Gasteiger partial charge on any atom is 0.573 e. The van der Waals surface area contributed by atoms with Crippen molar-refractivity contribution in [3.05, 3.63) is 41.9 Å². The molecule has 0 aliphatic heterocycles. The van der Waals surface area contributed by atoms with Gasteiger partial charge in [0, 0.05) is 11.6 Å². The summed E-state index contributed by atoms with van der Waals surface area (Å²) in [5.41, 5.74) is 7.83. The van der Waals surface area contributed by atoms with Gasteiger partial charge < -0.3 is 20.6 Å². The average molecular weight is 356 g/mol. The molecule has 0 unspecified atom stereocenters. The number of nitrogens with two attached hydrogens (primary N) is 2. The van der Waals surface area contributed by atoms with Crippen LogP contribution in [0.25, 0.3) is 16.5 Å². The summed E-state index contributed by atoms with van der Waals surface area (Å²) < 4.78 is 45.7. The van der Waals surface area contributed by atoms with Crippen molar-refractivity contribution in [1.29, 1.82) is 0 Å². The Balaban J connectivity index is 2.46. The third-order valence-electron chi connectivity index (χ3n) is 3.10. The van der Waals surface area contributed by atoms with E-state index in [0.29, 0.717) is 10.8 Å². The number of hydrazine groups is 1. The van der Waals surface area contributed by atoms with E-state index in [4.69, 9.17) is 16.3 Å². The molecule has 2 aromatic rings. The zero-order valence-electron chi connectivity index (χ0n) is 13.1. The van der Waals surface area contributed by atoms with Crippen molar-refractivity contribution >= 4 is 22.4 Å². The number of hydrogen-bond donors (Lipinski definition) is 3. The van der Waals surface area contributed by atoms with Gasteiger partial charge in [0.15, 0.2) is 5.70 Å². The molecule has 5 N–H and O–H groups in total. The Morgan fingerprint density at radius 2 is 2.00 bits per heavy atom. The Morgan fingerprint density at radius 3 is 2.60 bits per heavy atom. The largest absolute Gasteiger partial charge is 0.573 e. The Labute approximate surface area is 140 Å². The molecular formula is C15H15F3N4O3. The van der Waals surface area contributed by atoms with Gasteiger partial charge in [-0.05, 0) is 36.6 Å². The number of carbonyl (C=O) groups excluding carboxylic acids is 1. The summed E-state index contributed by atoms with van der Waals surface area (Å²) >= 11 is 0. The first-order valence-corrected chi connectivity index (χ1v) is 7.04. The molecule has 0 saturated carbocycles. The lowest BCUT2D eigenvalue weighted by molar-refractivity contribution is -0.274. The van der Waals surface area contributed by atoms with Crippen molar-refractivity contribution in [2.24, 2.45) is 11.6 Å². The van der Waals surface area contributed by atoms with Gasteiger partial charge in [-0.25, -0.2) is 4.79 Å². The minimum absolute atomic E-state index is 0.106. The number of alkyl halides is 3. The van der Waals surface area contributed by atoms with Crippen LogP contribution in [-0.4, -0.2) is 23.9 Å². The van der Waals surface area contributed by atoms with E-state index in [1.165, 1.54) is 30.5 Å². The Kier molecular flexibility index (Phi) is 5.32. The number of ether oxygens (including phenoxy) is 2. The van der Waals surface area contributed by atoms with Crippen molar-refractivity contribution in [3.63, 3.8) is 0 Å². The fourth-order valence-corrected chi connectivity index (χ4v) is 2.04. The van der Waals surface area contributed by atoms with E-state index in [2.05, 4.69) is 15.1 Å². The van der Waals surface area contributed by atoms with Gasteiger partial charge in [-0.2, -0.15) is 0 Å². The maximum atomic E-state index is 12.3. The van der Waals surface area contributed by atoms with Crippen molar-refractivity contribution < 1.29 is 27.4 Å². The molecule has 0 radical (unpaired) electrons. The molecule has 134 valence electrons. The summed E-state index contributed by atoms with van der Waals surface area (Å²) in [6.07, 6.45) is -3.41. The molecule has 0 amide bonds. The number of rotatable bonds is 5. The number of aromatic nitrogens is 1. The minimum atomic E-state index is -4.80. The number of nitrogens with one attached hydrogen (secondary N) is 1. The van der Waals surface area contributed by atoms with Gasteiger partial charge in [0.1, 0.15) is 5.75 Å². The van der Waals surface area contributed by atoms with E-state index in [1.807, 2.05) is 0 Å². The maximum absolute atomic E-state index is 12.3. The highest BCUT2D eigenvalue weighted by Crippen LogP contribution is 2.27. The van der Waals surface area contributed by atoms with Crippen molar-refractivity contribution in [2.45, 2.75) is 13.3 Å². The molecule has 0 aliphatic carbocycles. The lowest BCUT2D eigenvalue weighted by Crippen LogP contribution is -2.31. The van der Waals surface area contributed by atoms with Gasteiger partial charge in [-0.3, -0.25) is 10.8 Å². The molecule has 1 aromatic heterocycles. The lowest BCUT2D eigenvalue weighted by Gasteiger charge is -2.12. The smallest absolute Gasteiger partial charge is 0.461 e. The molecule has 2 rings (SSSR count). The number of hydrogen-bond acceptors (Lipinski definition) is 7. The molecule has 1 heterocycles. The highest BCUT2D eigenvalue weighted by atomic mass is 19.4. The lowest BCUT2D eigenvalue weighted by atomic mass is 10.1. The number of esters is 1. The molecule has 10 heteroatoms. The van der Waals surface area contributed by atoms with Gasteiger partial charge in [0.25, 0.3) is 0 Å². The summed E-state index contributed by atoms with van der Waals surface area (Å²) in [6.45, 7) is 1.72. The highest BCUT2D eigenvalue weighted by molar-refractivity contribution is 5.96. The Morgan fingerprint density at radius 1 is 1.28 bits per heavy atom. The molecule has 0 atom stereocenters. The van der Waals surface area contributed by atoms with E-state index in [1.54, 1.807) is 6.92 Å². The average Bonchev–Trinajstić information content (AvgIpc) is 2.53. The van der Waals surface area contributed by atoms with Gasteiger partial charge in [0.2, 0.25) is 0 Å². The van der Waals surface area contributed by atoms with E-state index < -0.39 is 12.3 Å². The van der Waals surface area contributed by atoms with Crippen LogP contribution in [-0.2, 0) is 9.53 Å². The fraction of sp³-hybridized carbons (Fsp3) is 0.200. The number of fused-ring (bicyclic) bond motifs is 1. The van der Waals surface area contributed by atoms with Gasteiger partial charge in [-0.15, -0.1) is 13.2 Å². The number of carbonyl (C=O) groups is 1. The molecular weight excluding hydrogens is 341 g/mol. The second-order valence-corrected chi connectivity index (χ2v) is 4.78. The van der Waals surface area contributed by atoms with Gasteiger partial charge >= 0.3 is 12.3 Å². The van der Waals surface area contributed by atoms with Crippen molar-refractivity contribution in [3.8, 4) is 5.75 Å². The topological polar surface area (TPSA) is 112 Å². The predicted molar refractivity (Wildman–Crippen MR) is 83.5 cm³/mol. The van der Waals surface area contributed by atoms with Gasteiger partial charge in [-0.1, -0.05) is 0 Å². The van der Waals surface area contributed by atoms with Crippen LogP contribution in [0.3, 0.4) is 0 Å². The summed E-state index contributed by atoms with van der Waals surface area (Å²) in [5, 5.41) is 0.944. The van der Waals surface area contributed by atoms with Crippen LogP contribution < -0.4 is 21.7 Å². The summed E-state index contributed by atoms with van der Waals surface area (Å²) in [4.78, 5) is 15.9. The van der Waals surface area contributed by atoms with Crippen LogP contribution in [0.4, 0.5) is 13.2 Å². The molecule has 0 spiro atoms. The van der Waals surface area contributed by atoms with Crippen molar-refractivity contribution in [1.82, 2.24) is 10.4 Å². The quantitative estimate of drug-likeness (QED) is 0.324. The number of nitrogens with zero attached hydrogens (tertiary/aromatic N) is 1. The molecule has 0 bridgehead atoms. The summed E-state index contributed by atoms with van der Waals surface area (Å²) in [5.74, 6) is 4.12. The first-order chi connectivity index (χ1) is 11.7. The SMILES string of the molecule is CCOC(=O)/C(NN)=C(/N)c1cc2cc(OC(F)(F)F)ccc2cn1. The number of halogens is 3. The molecule has 0 aliphatic rings. The summed E-state index contributed by atoms with van der Waals surface area (Å²) in [7, 11) is 0. The Bertz CT molecular complexity index is 821. The predicted octanol–water partition coefficient (Wildman–Crippen LogP) is 1.79. The second-order valence-electron chi connectivity index (χ2n) is 4.78. The summed E-state index contributed by atoms with van der Waals surface area (Å²) in [6, 6.07) is 5.17. The van der Waals surface area contributed by atoms with E-state index in [-0.39, 0.29) is 29.4 Å². The molecule has 7 nitrogen and oxygen atoms in total. The van der Waals surface area contributed by atoms with Crippen LogP contribution in [0, 0.1) is 0 Å². The first-order valence-electron chi connectivity index (χ1n) is 7.04. The van der Waals surface area contributed by atoms with E-state index in [9.17, 15) is 18.0 Å². The molecule has 0 fully saturated rings. The molecule has 0 saturated heterocycles. The number of benzene rings is 1. The van der Waals surface area contributed by atoms with Crippen LogP contribution in [0.5, 0.6) is 5.75 Å². The normalized spacial score (nSPS) is 12.5. The number of pyridine rings is 1. The van der Waals surface area contributed by atoms with E-state index >= 15 is 0 Å². The molecule has 1 aromatic carbocycles.